The topological polar surface area (TPSA) is 113 Å². The Bertz CT molecular complexity index is 839. The van der Waals surface area contributed by atoms with Gasteiger partial charge in [-0.1, -0.05) is 48.5 Å². The van der Waals surface area contributed by atoms with Crippen molar-refractivity contribution in [1.29, 1.82) is 1.43 Å². The molecule has 0 spiro atoms. The number of benzene rings is 2. The van der Waals surface area contributed by atoms with Crippen LogP contribution in [-0.2, 0) is 14.3 Å². The molecule has 1 aliphatic rings. The Labute approximate surface area is 150 Å². The number of carbonyl (C=O) groups excluding carboxylic acids is 1. The fourth-order valence-corrected chi connectivity index (χ4v) is 3.15. The maximum atomic E-state index is 12.0. The zero-order valence-electron chi connectivity index (χ0n) is 14.7. The van der Waals surface area contributed by atoms with Gasteiger partial charge in [-0.25, -0.2) is 9.59 Å². The predicted molar refractivity (Wildman–Crippen MR) is 91.9 cm³/mol. The predicted octanol–water partition coefficient (Wildman–Crippen LogP) is 2.45. The molecule has 3 rings (SSSR count). The quantitative estimate of drug-likeness (QED) is 0.733. The van der Waals surface area contributed by atoms with Crippen LogP contribution >= 0.6 is 0 Å². The van der Waals surface area contributed by atoms with Gasteiger partial charge in [0.05, 0.1) is 6.42 Å². The summed E-state index contributed by atoms with van der Waals surface area (Å²) in [5, 5.41) is 14.9. The highest BCUT2D eigenvalue weighted by atomic mass is 16.5. The number of hydrogen-bond donors (Lipinski definition) is 3. The van der Waals surface area contributed by atoms with Crippen LogP contribution in [0, 0.1) is 0 Å². The van der Waals surface area contributed by atoms with Crippen LogP contribution in [-0.4, -0.2) is 40.9 Å². The fraction of sp³-hybridized carbons (Fsp3) is 0.211. The summed E-state index contributed by atoms with van der Waals surface area (Å²) < 4.78 is 11.7. The number of alkyl carbamates (subject to hydrolysis) is 1. The number of carboxylic acids is 2. The van der Waals surface area contributed by atoms with Gasteiger partial charge < -0.3 is 20.3 Å². The van der Waals surface area contributed by atoms with E-state index in [1.54, 1.807) is 0 Å². The number of carbonyl (C=O) groups is 3. The van der Waals surface area contributed by atoms with Crippen LogP contribution in [0.4, 0.5) is 4.79 Å². The lowest BCUT2D eigenvalue weighted by atomic mass is 9.98. The highest BCUT2D eigenvalue weighted by molar-refractivity contribution is 5.84. The highest BCUT2D eigenvalue weighted by Crippen LogP contribution is 2.44. The minimum Gasteiger partial charge on any atom is -0.481 e. The third kappa shape index (κ3) is 3.51. The lowest BCUT2D eigenvalue weighted by molar-refractivity contribution is -0.145. The van der Waals surface area contributed by atoms with Crippen molar-refractivity contribution in [2.24, 2.45) is 0 Å². The van der Waals surface area contributed by atoms with E-state index in [1.165, 1.54) is 0 Å². The summed E-state index contributed by atoms with van der Waals surface area (Å²) in [7, 11) is 0. The number of carboxylic acid groups (broad SMARTS) is 2. The first-order chi connectivity index (χ1) is 13.0. The summed E-state index contributed by atoms with van der Waals surface area (Å²) in [5.74, 6) is -2.65. The van der Waals surface area contributed by atoms with Crippen molar-refractivity contribution in [1.82, 2.24) is 5.32 Å². The third-order valence-electron chi connectivity index (χ3n) is 4.30. The normalized spacial score (nSPS) is 13.8. The highest BCUT2D eigenvalue weighted by Gasteiger charge is 2.30. The molecule has 0 heterocycles. The molecular weight excluding hydrogens is 338 g/mol. The molecule has 26 heavy (non-hydrogen) atoms. The second-order valence-electron chi connectivity index (χ2n) is 5.94. The van der Waals surface area contributed by atoms with E-state index in [0.29, 0.717) is 0 Å². The van der Waals surface area contributed by atoms with Gasteiger partial charge in [0.1, 0.15) is 12.6 Å². The van der Waals surface area contributed by atoms with Crippen molar-refractivity contribution in [2.45, 2.75) is 18.4 Å². The Morgan fingerprint density at radius 3 is 2.19 bits per heavy atom. The molecule has 7 nitrogen and oxygen atoms in total. The van der Waals surface area contributed by atoms with E-state index in [2.05, 4.69) is 10.4 Å². The monoisotopic (exact) mass is 356 g/mol. The number of fused-ring (bicyclic) bond motifs is 3. The number of hydrogen-bond acceptors (Lipinski definition) is 5. The molecule has 0 aromatic heterocycles. The van der Waals surface area contributed by atoms with E-state index in [0.717, 1.165) is 22.3 Å². The Morgan fingerprint density at radius 1 is 1.08 bits per heavy atom. The summed E-state index contributed by atoms with van der Waals surface area (Å²) in [6, 6.07) is 14.1. The summed E-state index contributed by atoms with van der Waals surface area (Å²) in [6.45, 7) is 0.0229. The minimum atomic E-state index is -1.53. The van der Waals surface area contributed by atoms with E-state index in [-0.39, 0.29) is 12.5 Å². The number of ether oxygens (including phenoxy) is 1. The molecule has 134 valence electrons. The molecule has 2 aromatic rings. The largest absolute Gasteiger partial charge is 0.481 e. The minimum absolute atomic E-state index is 0.0229. The zero-order chi connectivity index (χ0) is 19.4. The van der Waals surface area contributed by atoms with Crippen LogP contribution in [0.3, 0.4) is 0 Å². The molecule has 0 saturated heterocycles. The van der Waals surface area contributed by atoms with Crippen molar-refractivity contribution >= 4 is 18.0 Å². The van der Waals surface area contributed by atoms with E-state index < -0.39 is 30.5 Å². The molecule has 0 fully saturated rings. The Kier molecular flexibility index (Phi) is 4.51. The molecule has 0 saturated carbocycles. The van der Waals surface area contributed by atoms with E-state index in [1.807, 2.05) is 48.5 Å². The smallest absolute Gasteiger partial charge is 0.407 e. The first-order valence-electron chi connectivity index (χ1n) is 8.42. The lowest BCUT2D eigenvalue weighted by Gasteiger charge is -2.16. The van der Waals surface area contributed by atoms with Gasteiger partial charge in [-0.15, -0.1) is 0 Å². The van der Waals surface area contributed by atoms with Gasteiger partial charge in [-0.2, -0.15) is 0 Å². The molecular formula is C19H17NO6. The lowest BCUT2D eigenvalue weighted by Crippen LogP contribution is -2.42. The number of amides is 1. The van der Waals surface area contributed by atoms with Crippen LogP contribution in [0.2, 0.25) is 0 Å². The van der Waals surface area contributed by atoms with Crippen molar-refractivity contribution in [3.05, 3.63) is 59.7 Å². The second-order valence-corrected chi connectivity index (χ2v) is 5.94. The number of rotatable bonds is 6. The van der Waals surface area contributed by atoms with Crippen LogP contribution in [0.15, 0.2) is 48.5 Å². The van der Waals surface area contributed by atoms with Gasteiger partial charge in [0.25, 0.3) is 1.43 Å². The van der Waals surface area contributed by atoms with Gasteiger partial charge in [0, 0.05) is 5.92 Å². The van der Waals surface area contributed by atoms with Crippen LogP contribution < -0.4 is 5.32 Å². The van der Waals surface area contributed by atoms with Gasteiger partial charge in [-0.3, -0.25) is 4.79 Å². The maximum absolute atomic E-state index is 12.0. The molecule has 0 radical (unpaired) electrons. The summed E-state index contributed by atoms with van der Waals surface area (Å²) in [5.41, 5.74) is 4.20. The van der Waals surface area contributed by atoms with Gasteiger partial charge in [0.2, 0.25) is 0 Å². The molecule has 0 unspecified atom stereocenters. The Balaban J connectivity index is 1.68. The van der Waals surface area contributed by atoms with E-state index in [9.17, 15) is 14.4 Å². The Hall–Kier alpha value is -3.35. The van der Waals surface area contributed by atoms with Crippen LogP contribution in [0.5, 0.6) is 0 Å². The first kappa shape index (κ1) is 16.1. The molecule has 3 N–H and O–H groups in total. The second kappa shape index (κ2) is 7.26. The molecule has 1 amide bonds. The molecule has 2 aromatic carbocycles. The van der Waals surface area contributed by atoms with Crippen molar-refractivity contribution < 1.29 is 29.3 Å². The average Bonchev–Trinajstić information content (AvgIpc) is 2.99. The van der Waals surface area contributed by atoms with Crippen molar-refractivity contribution in [3.8, 4) is 11.1 Å². The molecule has 1 atom stereocenters. The maximum Gasteiger partial charge on any atom is 0.407 e. The molecule has 0 aliphatic heterocycles. The van der Waals surface area contributed by atoms with E-state index >= 15 is 0 Å². The van der Waals surface area contributed by atoms with Crippen LogP contribution in [0.1, 0.15) is 23.5 Å². The van der Waals surface area contributed by atoms with E-state index in [4.69, 9.17) is 11.3 Å². The van der Waals surface area contributed by atoms with Gasteiger partial charge in [-0.05, 0) is 22.3 Å². The molecule has 7 heteroatoms. The van der Waals surface area contributed by atoms with Gasteiger partial charge in [0.15, 0.2) is 0 Å². The third-order valence-corrected chi connectivity index (χ3v) is 4.30. The SMILES string of the molecule is [2H]OC(=O)C[C@H](NC(=O)OCC1c2ccccc2-c2ccccc21)C(=O)O. The Morgan fingerprint density at radius 2 is 1.65 bits per heavy atom. The zero-order valence-corrected chi connectivity index (χ0v) is 13.7. The summed E-state index contributed by atoms with van der Waals surface area (Å²) in [4.78, 5) is 34.2. The standard InChI is InChI=1S/C19H17NO6/c21-17(22)9-16(18(23)24)20-19(25)26-10-15-13-7-3-1-5-11(13)12-6-2-4-8-14(12)15/h1-8,15-16H,9-10H2,(H,20,25)(H,21,22)(H,23,24)/t16-/m0/s1/i/hD. The number of nitrogens with one attached hydrogen (secondary N) is 1. The molecule has 1 aliphatic carbocycles. The fourth-order valence-electron chi connectivity index (χ4n) is 3.15. The molecule has 0 bridgehead atoms. The average molecular weight is 356 g/mol. The van der Waals surface area contributed by atoms with Gasteiger partial charge >= 0.3 is 18.0 Å². The first-order valence-corrected chi connectivity index (χ1v) is 8.01. The summed E-state index contributed by atoms with van der Waals surface area (Å²) >= 11 is 0. The van der Waals surface area contributed by atoms with Crippen molar-refractivity contribution in [2.75, 3.05) is 6.61 Å². The van der Waals surface area contributed by atoms with Crippen LogP contribution in [0.25, 0.3) is 12.6 Å². The van der Waals surface area contributed by atoms with Crippen molar-refractivity contribution in [3.63, 3.8) is 0 Å². The number of aliphatic carboxylic acids is 2. The summed E-state index contributed by atoms with van der Waals surface area (Å²) in [6.07, 6.45) is -1.62.